The van der Waals surface area contributed by atoms with Crippen LogP contribution in [0.4, 0.5) is 0 Å². The number of sulfonamides is 1. The molecule has 2 amide bonds. The maximum atomic E-state index is 12.2. The molecule has 0 aromatic heterocycles. The van der Waals surface area contributed by atoms with Crippen LogP contribution >= 0.6 is 0 Å². The number of esters is 1. The van der Waals surface area contributed by atoms with Gasteiger partial charge < -0.3 is 15.0 Å². The molecular weight excluding hydrogens is 386 g/mol. The number of carbonyl (C=O) groups excluding carboxylic acids is 3. The number of nitrogens with one attached hydrogen (secondary N) is 2. The van der Waals surface area contributed by atoms with Gasteiger partial charge in [0, 0.05) is 13.1 Å². The third-order valence-corrected chi connectivity index (χ3v) is 5.70. The number of benzene rings is 1. The van der Waals surface area contributed by atoms with Gasteiger partial charge in [-0.3, -0.25) is 14.4 Å². The maximum absolute atomic E-state index is 12.2. The fourth-order valence-electron chi connectivity index (χ4n) is 2.23. The van der Waals surface area contributed by atoms with Crippen LogP contribution in [-0.4, -0.2) is 63.9 Å². The second-order valence-electron chi connectivity index (χ2n) is 6.82. The van der Waals surface area contributed by atoms with Gasteiger partial charge in [0.25, 0.3) is 5.91 Å². The third kappa shape index (κ3) is 6.61. The van der Waals surface area contributed by atoms with Crippen molar-refractivity contribution in [2.45, 2.75) is 37.6 Å². The number of likely N-dealkylation sites (N-methyl/N-ethyl adjacent to an activating group) is 1. The molecule has 0 heterocycles. The third-order valence-electron chi connectivity index (χ3n) is 4.30. The molecule has 2 rings (SSSR count). The molecule has 0 atom stereocenters. The quantitative estimate of drug-likeness (QED) is 0.546. The predicted octanol–water partition coefficient (Wildman–Crippen LogP) is -0.138. The van der Waals surface area contributed by atoms with E-state index in [1.807, 2.05) is 6.92 Å². The molecule has 1 aliphatic rings. The van der Waals surface area contributed by atoms with Crippen molar-refractivity contribution in [2.75, 3.05) is 26.7 Å². The van der Waals surface area contributed by atoms with E-state index in [4.69, 9.17) is 4.74 Å². The van der Waals surface area contributed by atoms with Gasteiger partial charge in [-0.2, -0.15) is 4.72 Å². The molecule has 1 saturated carbocycles. The Balaban J connectivity index is 1.75. The van der Waals surface area contributed by atoms with Gasteiger partial charge in [0.2, 0.25) is 15.9 Å². The lowest BCUT2D eigenvalue weighted by atomic mass is 10.1. The molecule has 1 aliphatic carbocycles. The summed E-state index contributed by atoms with van der Waals surface area (Å²) in [6.07, 6.45) is 1.89. The van der Waals surface area contributed by atoms with E-state index in [-0.39, 0.29) is 23.4 Å². The second-order valence-corrected chi connectivity index (χ2v) is 8.59. The maximum Gasteiger partial charge on any atom is 0.321 e. The van der Waals surface area contributed by atoms with E-state index in [0.717, 1.165) is 28.9 Å². The average molecular weight is 411 g/mol. The van der Waals surface area contributed by atoms with Crippen molar-refractivity contribution in [3.63, 3.8) is 0 Å². The zero-order valence-electron chi connectivity index (χ0n) is 16.1. The Morgan fingerprint density at radius 3 is 2.46 bits per heavy atom. The standard InChI is InChI=1S/C18H25N3O6S/c1-12-4-7-15(8-13(12)2)28(25,26)19-9-18(24)27-11-17(23)21(3)10-16(22)20-14-5-6-14/h4,7-8,14,19H,5-6,9-11H2,1-3H3,(H,20,22). The highest BCUT2D eigenvalue weighted by Gasteiger charge is 2.24. The van der Waals surface area contributed by atoms with Crippen molar-refractivity contribution < 1.29 is 27.5 Å². The molecule has 0 spiro atoms. The van der Waals surface area contributed by atoms with Gasteiger partial charge in [-0.05, 0) is 49.9 Å². The van der Waals surface area contributed by atoms with Crippen LogP contribution in [0.15, 0.2) is 23.1 Å². The van der Waals surface area contributed by atoms with E-state index in [9.17, 15) is 22.8 Å². The van der Waals surface area contributed by atoms with Gasteiger partial charge in [-0.25, -0.2) is 8.42 Å². The van der Waals surface area contributed by atoms with Crippen molar-refractivity contribution in [3.05, 3.63) is 29.3 Å². The normalized spacial score (nSPS) is 13.7. The number of hydrogen-bond donors (Lipinski definition) is 2. The molecule has 0 bridgehead atoms. The van der Waals surface area contributed by atoms with E-state index in [1.165, 1.54) is 19.2 Å². The number of nitrogens with zero attached hydrogens (tertiary/aromatic N) is 1. The minimum atomic E-state index is -3.87. The van der Waals surface area contributed by atoms with Gasteiger partial charge in [0.1, 0.15) is 6.54 Å². The minimum Gasteiger partial charge on any atom is -0.455 e. The number of amides is 2. The number of rotatable bonds is 9. The Hall–Kier alpha value is -2.46. The number of aryl methyl sites for hydroxylation is 2. The fraction of sp³-hybridized carbons (Fsp3) is 0.500. The summed E-state index contributed by atoms with van der Waals surface area (Å²) < 4.78 is 31.4. The zero-order valence-corrected chi connectivity index (χ0v) is 17.0. The summed E-state index contributed by atoms with van der Waals surface area (Å²) in [5.41, 5.74) is 1.76. The van der Waals surface area contributed by atoms with Gasteiger partial charge in [0.05, 0.1) is 11.4 Å². The van der Waals surface area contributed by atoms with E-state index >= 15 is 0 Å². The van der Waals surface area contributed by atoms with E-state index in [0.29, 0.717) is 0 Å². The molecule has 1 aromatic carbocycles. The molecule has 1 fully saturated rings. The molecule has 1 aromatic rings. The Labute approximate surface area is 164 Å². The van der Waals surface area contributed by atoms with Crippen LogP contribution in [0.25, 0.3) is 0 Å². The fourth-order valence-corrected chi connectivity index (χ4v) is 3.28. The lowest BCUT2D eigenvalue weighted by molar-refractivity contribution is -0.151. The molecule has 28 heavy (non-hydrogen) atoms. The Morgan fingerprint density at radius 2 is 1.86 bits per heavy atom. The molecule has 2 N–H and O–H groups in total. The van der Waals surface area contributed by atoms with Crippen LogP contribution in [-0.2, 0) is 29.1 Å². The van der Waals surface area contributed by atoms with Crippen molar-refractivity contribution in [3.8, 4) is 0 Å². The first-order valence-corrected chi connectivity index (χ1v) is 10.3. The van der Waals surface area contributed by atoms with Crippen molar-refractivity contribution >= 4 is 27.8 Å². The zero-order chi connectivity index (χ0) is 20.9. The predicted molar refractivity (Wildman–Crippen MR) is 101 cm³/mol. The Bertz CT molecular complexity index is 864. The molecule has 0 aliphatic heterocycles. The van der Waals surface area contributed by atoms with Gasteiger partial charge >= 0.3 is 5.97 Å². The number of hydrogen-bond acceptors (Lipinski definition) is 6. The highest BCUT2D eigenvalue weighted by Crippen LogP contribution is 2.18. The van der Waals surface area contributed by atoms with Crippen LogP contribution in [0.3, 0.4) is 0 Å². The smallest absolute Gasteiger partial charge is 0.321 e. The van der Waals surface area contributed by atoms with Gasteiger partial charge in [0.15, 0.2) is 6.61 Å². The van der Waals surface area contributed by atoms with Crippen molar-refractivity contribution in [1.29, 1.82) is 0 Å². The van der Waals surface area contributed by atoms with E-state index < -0.39 is 35.1 Å². The second kappa shape index (κ2) is 9.16. The Morgan fingerprint density at radius 1 is 1.18 bits per heavy atom. The molecule has 154 valence electrons. The summed E-state index contributed by atoms with van der Waals surface area (Å²) >= 11 is 0. The first-order chi connectivity index (χ1) is 13.1. The summed E-state index contributed by atoms with van der Waals surface area (Å²) in [6, 6.07) is 4.82. The average Bonchev–Trinajstić information content (AvgIpc) is 3.43. The molecular formula is C18H25N3O6S. The summed E-state index contributed by atoms with van der Waals surface area (Å²) in [6.45, 7) is 2.34. The van der Waals surface area contributed by atoms with Crippen LogP contribution in [0, 0.1) is 13.8 Å². The molecule has 0 unspecified atom stereocenters. The molecule has 10 heteroatoms. The highest BCUT2D eigenvalue weighted by molar-refractivity contribution is 7.89. The Kier molecular flexibility index (Phi) is 7.14. The lowest BCUT2D eigenvalue weighted by Crippen LogP contribution is -2.41. The van der Waals surface area contributed by atoms with E-state index in [2.05, 4.69) is 10.0 Å². The SMILES string of the molecule is Cc1ccc(S(=O)(=O)NCC(=O)OCC(=O)N(C)CC(=O)NC2CC2)cc1C. The van der Waals surface area contributed by atoms with Crippen LogP contribution in [0.5, 0.6) is 0 Å². The van der Waals surface area contributed by atoms with E-state index in [1.54, 1.807) is 13.0 Å². The summed E-state index contributed by atoms with van der Waals surface area (Å²) in [5.74, 6) is -1.72. The minimum absolute atomic E-state index is 0.0425. The number of ether oxygens (including phenoxy) is 1. The summed E-state index contributed by atoms with van der Waals surface area (Å²) in [4.78, 5) is 36.5. The van der Waals surface area contributed by atoms with Crippen molar-refractivity contribution in [1.82, 2.24) is 14.9 Å². The first kappa shape index (κ1) is 21.8. The topological polar surface area (TPSA) is 122 Å². The largest absolute Gasteiger partial charge is 0.455 e. The summed E-state index contributed by atoms with van der Waals surface area (Å²) in [5, 5.41) is 2.75. The summed E-state index contributed by atoms with van der Waals surface area (Å²) in [7, 11) is -2.45. The first-order valence-electron chi connectivity index (χ1n) is 8.84. The van der Waals surface area contributed by atoms with Gasteiger partial charge in [-0.15, -0.1) is 0 Å². The van der Waals surface area contributed by atoms with Crippen molar-refractivity contribution in [2.24, 2.45) is 0 Å². The monoisotopic (exact) mass is 411 g/mol. The highest BCUT2D eigenvalue weighted by atomic mass is 32.2. The molecule has 0 radical (unpaired) electrons. The van der Waals surface area contributed by atoms with Crippen LogP contribution < -0.4 is 10.0 Å². The van der Waals surface area contributed by atoms with Crippen LogP contribution in [0.2, 0.25) is 0 Å². The molecule has 9 nitrogen and oxygen atoms in total. The van der Waals surface area contributed by atoms with Gasteiger partial charge in [-0.1, -0.05) is 6.07 Å². The number of carbonyl (C=O) groups is 3. The van der Waals surface area contributed by atoms with Crippen LogP contribution in [0.1, 0.15) is 24.0 Å². The molecule has 0 saturated heterocycles. The lowest BCUT2D eigenvalue weighted by Gasteiger charge is -2.16.